The summed E-state index contributed by atoms with van der Waals surface area (Å²) in [6, 6.07) is 8.54. The minimum atomic E-state index is -0.719. The minimum Gasteiger partial charge on any atom is -0.480 e. The van der Waals surface area contributed by atoms with E-state index in [0.29, 0.717) is 12.3 Å². The van der Waals surface area contributed by atoms with Crippen LogP contribution in [0.15, 0.2) is 29.2 Å². The number of rotatable bonds is 5. The van der Waals surface area contributed by atoms with Crippen LogP contribution in [0.4, 0.5) is 0 Å². The summed E-state index contributed by atoms with van der Waals surface area (Å²) in [5.74, 6) is -0.00176. The van der Waals surface area contributed by atoms with E-state index in [1.54, 1.807) is 0 Å². The lowest BCUT2D eigenvalue weighted by atomic mass is 9.84. The molecule has 0 spiro atoms. The van der Waals surface area contributed by atoms with Crippen LogP contribution in [0.3, 0.4) is 0 Å². The normalized spacial score (nSPS) is 18.2. The Morgan fingerprint density at radius 3 is 2.42 bits per heavy atom. The van der Waals surface area contributed by atoms with Crippen molar-refractivity contribution < 1.29 is 9.90 Å². The summed E-state index contributed by atoms with van der Waals surface area (Å²) in [6.45, 7) is 1.92. The molecule has 1 unspecified atom stereocenters. The van der Waals surface area contributed by atoms with Crippen molar-refractivity contribution in [1.82, 2.24) is 0 Å². The molecular weight excluding hydrogens is 256 g/mol. The van der Waals surface area contributed by atoms with Gasteiger partial charge in [0.2, 0.25) is 0 Å². The number of carboxylic acids is 1. The average Bonchev–Trinajstić information content (AvgIpc) is 2.46. The van der Waals surface area contributed by atoms with Crippen LogP contribution in [0.1, 0.15) is 56.9 Å². The Kier molecular flexibility index (Phi) is 5.32. The molecule has 1 atom stereocenters. The lowest BCUT2D eigenvalue weighted by molar-refractivity contribution is -0.136. The van der Waals surface area contributed by atoms with Gasteiger partial charge in [-0.3, -0.25) is 4.79 Å². The van der Waals surface area contributed by atoms with Crippen molar-refractivity contribution in [3.05, 3.63) is 29.8 Å². The molecule has 0 aliphatic heterocycles. The molecule has 104 valence electrons. The molecule has 1 aromatic carbocycles. The highest BCUT2D eigenvalue weighted by Gasteiger charge is 2.18. The Bertz CT molecular complexity index is 407. The Labute approximate surface area is 119 Å². The van der Waals surface area contributed by atoms with E-state index in [0.717, 1.165) is 4.90 Å². The summed E-state index contributed by atoms with van der Waals surface area (Å²) in [7, 11) is 0. The first-order chi connectivity index (χ1) is 9.20. The van der Waals surface area contributed by atoms with Crippen LogP contribution in [-0.2, 0) is 4.79 Å². The molecule has 1 N–H and O–H groups in total. The maximum Gasteiger partial charge on any atom is 0.316 e. The van der Waals surface area contributed by atoms with Crippen LogP contribution in [-0.4, -0.2) is 16.3 Å². The minimum absolute atomic E-state index is 0.333. The first-order valence-corrected chi connectivity index (χ1v) is 8.08. The van der Waals surface area contributed by atoms with Crippen molar-refractivity contribution in [2.75, 3.05) is 0 Å². The number of benzene rings is 1. The van der Waals surface area contributed by atoms with Crippen molar-refractivity contribution in [2.24, 2.45) is 0 Å². The molecule has 1 aliphatic carbocycles. The number of hydrogen-bond donors (Lipinski definition) is 1. The smallest absolute Gasteiger partial charge is 0.316 e. The van der Waals surface area contributed by atoms with Gasteiger partial charge in [-0.1, -0.05) is 38.3 Å². The summed E-state index contributed by atoms with van der Waals surface area (Å²) in [6.07, 6.45) is 7.33. The van der Waals surface area contributed by atoms with Gasteiger partial charge in [0.1, 0.15) is 5.25 Å². The van der Waals surface area contributed by atoms with E-state index in [2.05, 4.69) is 24.3 Å². The maximum atomic E-state index is 11.0. The van der Waals surface area contributed by atoms with Gasteiger partial charge in [0.25, 0.3) is 0 Å². The lowest BCUT2D eigenvalue weighted by Gasteiger charge is -2.22. The molecule has 2 rings (SSSR count). The van der Waals surface area contributed by atoms with Gasteiger partial charge < -0.3 is 5.11 Å². The number of carbonyl (C=O) groups is 1. The van der Waals surface area contributed by atoms with Gasteiger partial charge in [-0.2, -0.15) is 0 Å². The summed E-state index contributed by atoms with van der Waals surface area (Å²) < 4.78 is 0. The second-order valence-corrected chi connectivity index (χ2v) is 6.53. The second kappa shape index (κ2) is 6.99. The van der Waals surface area contributed by atoms with Crippen LogP contribution in [0.5, 0.6) is 0 Å². The number of aliphatic carboxylic acids is 1. The molecule has 1 aliphatic rings. The average molecular weight is 278 g/mol. The van der Waals surface area contributed by atoms with Crippen LogP contribution in [0, 0.1) is 0 Å². The van der Waals surface area contributed by atoms with E-state index >= 15 is 0 Å². The van der Waals surface area contributed by atoms with E-state index in [1.165, 1.54) is 49.4 Å². The summed E-state index contributed by atoms with van der Waals surface area (Å²) in [4.78, 5) is 12.1. The summed E-state index contributed by atoms with van der Waals surface area (Å²) in [5.41, 5.74) is 1.42. The highest BCUT2D eigenvalue weighted by molar-refractivity contribution is 8.00. The molecule has 19 heavy (non-hydrogen) atoms. The molecule has 0 bridgehead atoms. The van der Waals surface area contributed by atoms with Gasteiger partial charge in [-0.25, -0.2) is 0 Å². The van der Waals surface area contributed by atoms with Crippen LogP contribution < -0.4 is 0 Å². The van der Waals surface area contributed by atoms with Gasteiger partial charge in [0.05, 0.1) is 0 Å². The zero-order valence-electron chi connectivity index (χ0n) is 11.5. The first-order valence-electron chi connectivity index (χ1n) is 7.20. The molecule has 1 fully saturated rings. The largest absolute Gasteiger partial charge is 0.480 e. The van der Waals surface area contributed by atoms with E-state index in [1.807, 2.05) is 6.92 Å². The third-order valence-corrected chi connectivity index (χ3v) is 5.25. The van der Waals surface area contributed by atoms with Crippen LogP contribution in [0.2, 0.25) is 0 Å². The Morgan fingerprint density at radius 2 is 1.89 bits per heavy atom. The Morgan fingerprint density at radius 1 is 1.26 bits per heavy atom. The second-order valence-electron chi connectivity index (χ2n) is 5.26. The molecule has 1 saturated carbocycles. The van der Waals surface area contributed by atoms with Crippen molar-refractivity contribution >= 4 is 17.7 Å². The fraction of sp³-hybridized carbons (Fsp3) is 0.562. The third kappa shape index (κ3) is 4.00. The zero-order chi connectivity index (χ0) is 13.7. The molecule has 3 heteroatoms. The van der Waals surface area contributed by atoms with Crippen LogP contribution >= 0.6 is 11.8 Å². The maximum absolute atomic E-state index is 11.0. The molecule has 0 amide bonds. The first kappa shape index (κ1) is 14.4. The zero-order valence-corrected chi connectivity index (χ0v) is 12.3. The van der Waals surface area contributed by atoms with Crippen molar-refractivity contribution in [2.45, 2.75) is 61.5 Å². The highest BCUT2D eigenvalue weighted by Crippen LogP contribution is 2.34. The topological polar surface area (TPSA) is 37.3 Å². The highest BCUT2D eigenvalue weighted by atomic mass is 32.2. The van der Waals surface area contributed by atoms with Gasteiger partial charge >= 0.3 is 5.97 Å². The quantitative estimate of drug-likeness (QED) is 0.794. The SMILES string of the molecule is CCC(Sc1ccc(C2CCCCC2)cc1)C(=O)O. The standard InChI is InChI=1S/C16H22O2S/c1-2-15(16(17)18)19-14-10-8-13(9-11-14)12-6-4-3-5-7-12/h8-12,15H,2-7H2,1H3,(H,17,18). The Balaban J connectivity index is 1.99. The van der Waals surface area contributed by atoms with Crippen LogP contribution in [0.25, 0.3) is 0 Å². The number of thioether (sulfide) groups is 1. The fourth-order valence-corrected chi connectivity index (χ4v) is 3.62. The van der Waals surface area contributed by atoms with Crippen molar-refractivity contribution in [3.8, 4) is 0 Å². The molecule has 0 radical (unpaired) electrons. The molecule has 0 aromatic heterocycles. The van der Waals surface area contributed by atoms with Crippen molar-refractivity contribution in [1.29, 1.82) is 0 Å². The van der Waals surface area contributed by atoms with E-state index in [9.17, 15) is 4.79 Å². The molecular formula is C16H22O2S. The monoisotopic (exact) mass is 278 g/mol. The third-order valence-electron chi connectivity index (χ3n) is 3.88. The fourth-order valence-electron chi connectivity index (χ4n) is 2.73. The van der Waals surface area contributed by atoms with E-state index < -0.39 is 5.97 Å². The predicted molar refractivity (Wildman–Crippen MR) is 79.8 cm³/mol. The molecule has 0 saturated heterocycles. The number of hydrogen-bond acceptors (Lipinski definition) is 2. The Hall–Kier alpha value is -0.960. The summed E-state index contributed by atoms with van der Waals surface area (Å²) in [5, 5.41) is 8.74. The van der Waals surface area contributed by atoms with Gasteiger partial charge in [-0.05, 0) is 42.9 Å². The van der Waals surface area contributed by atoms with Crippen molar-refractivity contribution in [3.63, 3.8) is 0 Å². The molecule has 2 nitrogen and oxygen atoms in total. The lowest BCUT2D eigenvalue weighted by Crippen LogP contribution is -2.14. The number of carboxylic acid groups (broad SMARTS) is 1. The summed E-state index contributed by atoms with van der Waals surface area (Å²) >= 11 is 1.45. The predicted octanol–water partition coefficient (Wildman–Crippen LogP) is 4.69. The van der Waals surface area contributed by atoms with Gasteiger partial charge in [0, 0.05) is 4.90 Å². The van der Waals surface area contributed by atoms with E-state index in [4.69, 9.17) is 5.11 Å². The van der Waals surface area contributed by atoms with E-state index in [-0.39, 0.29) is 5.25 Å². The van der Waals surface area contributed by atoms with Gasteiger partial charge in [-0.15, -0.1) is 11.8 Å². The van der Waals surface area contributed by atoms with Gasteiger partial charge in [0.15, 0.2) is 0 Å². The molecule has 1 aromatic rings. The molecule has 0 heterocycles.